The molecule has 0 aliphatic rings. The lowest BCUT2D eigenvalue weighted by Gasteiger charge is -2.07. The second-order valence-corrected chi connectivity index (χ2v) is 4.42. The lowest BCUT2D eigenvalue weighted by molar-refractivity contribution is 0.343. The zero-order valence-electron chi connectivity index (χ0n) is 10.7. The molecule has 0 bridgehead atoms. The van der Waals surface area contributed by atoms with Crippen molar-refractivity contribution in [3.63, 3.8) is 0 Å². The van der Waals surface area contributed by atoms with Gasteiger partial charge in [0.1, 0.15) is 5.75 Å². The molecular weight excluding hydrogens is 212 g/mol. The molecule has 0 radical (unpaired) electrons. The molecule has 0 fully saturated rings. The van der Waals surface area contributed by atoms with Gasteiger partial charge < -0.3 is 10.2 Å². The summed E-state index contributed by atoms with van der Waals surface area (Å²) in [5.74, 6) is 0.364. The molecule has 2 heteroatoms. The van der Waals surface area contributed by atoms with Crippen LogP contribution in [0.3, 0.4) is 0 Å². The minimum Gasteiger partial charge on any atom is -0.507 e. The summed E-state index contributed by atoms with van der Waals surface area (Å²) >= 11 is 0. The summed E-state index contributed by atoms with van der Waals surface area (Å²) in [6.07, 6.45) is 6.37. The third-order valence-corrected chi connectivity index (χ3v) is 2.55. The predicted octanol–water partition coefficient (Wildman–Crippen LogP) is 3.21. The summed E-state index contributed by atoms with van der Waals surface area (Å²) in [5, 5.41) is 18.7. The van der Waals surface area contributed by atoms with E-state index in [0.717, 1.165) is 23.1 Å². The van der Waals surface area contributed by atoms with E-state index in [9.17, 15) is 5.11 Å². The van der Waals surface area contributed by atoms with E-state index < -0.39 is 0 Å². The van der Waals surface area contributed by atoms with Crippen LogP contribution in [-0.4, -0.2) is 16.8 Å². The molecule has 1 rings (SSSR count). The number of rotatable bonds is 4. The smallest absolute Gasteiger partial charge is 0.122 e. The molecule has 0 saturated heterocycles. The standard InChI is InChI=1S/C15H20O2/c1-11(2)6-7-14-10-13(5-4-8-16)9-12(3)15(14)17/h4-6,9-10,16-17H,7-8H2,1-3H3/b5-4+. The van der Waals surface area contributed by atoms with Gasteiger partial charge >= 0.3 is 0 Å². The minimum atomic E-state index is 0.0310. The second-order valence-electron chi connectivity index (χ2n) is 4.42. The van der Waals surface area contributed by atoms with Crippen molar-refractivity contribution in [1.82, 2.24) is 0 Å². The van der Waals surface area contributed by atoms with Gasteiger partial charge in [-0.1, -0.05) is 23.8 Å². The Kier molecular flexibility index (Phi) is 4.98. The van der Waals surface area contributed by atoms with Gasteiger partial charge in [0.2, 0.25) is 0 Å². The van der Waals surface area contributed by atoms with E-state index in [1.54, 1.807) is 6.08 Å². The van der Waals surface area contributed by atoms with Crippen molar-refractivity contribution in [3.8, 4) is 5.75 Å². The Balaban J connectivity index is 3.06. The summed E-state index contributed by atoms with van der Waals surface area (Å²) in [7, 11) is 0. The molecular formula is C15H20O2. The molecule has 1 aromatic rings. The Labute approximate surface area is 103 Å². The molecule has 0 aliphatic heterocycles. The predicted molar refractivity (Wildman–Crippen MR) is 72.1 cm³/mol. The first-order chi connectivity index (χ1) is 8.04. The van der Waals surface area contributed by atoms with Crippen LogP contribution in [0.1, 0.15) is 30.5 Å². The van der Waals surface area contributed by atoms with E-state index in [0.29, 0.717) is 5.75 Å². The van der Waals surface area contributed by atoms with Gasteiger partial charge in [0, 0.05) is 0 Å². The third-order valence-electron chi connectivity index (χ3n) is 2.55. The molecule has 0 amide bonds. The van der Waals surface area contributed by atoms with Gasteiger partial charge in [0.25, 0.3) is 0 Å². The molecule has 92 valence electrons. The number of aromatic hydroxyl groups is 1. The van der Waals surface area contributed by atoms with Crippen molar-refractivity contribution < 1.29 is 10.2 Å². The van der Waals surface area contributed by atoms with E-state index in [1.807, 2.05) is 39.0 Å². The van der Waals surface area contributed by atoms with E-state index in [1.165, 1.54) is 5.57 Å². The summed E-state index contributed by atoms with van der Waals surface area (Å²) < 4.78 is 0. The number of phenolic OH excluding ortho intramolecular Hbond substituents is 1. The lowest BCUT2D eigenvalue weighted by Crippen LogP contribution is -1.89. The Morgan fingerprint density at radius 1 is 1.29 bits per heavy atom. The average molecular weight is 232 g/mol. The van der Waals surface area contributed by atoms with Crippen LogP contribution >= 0.6 is 0 Å². The molecule has 0 spiro atoms. The number of hydrogen-bond donors (Lipinski definition) is 2. The molecule has 0 aliphatic carbocycles. The van der Waals surface area contributed by atoms with Gasteiger partial charge in [-0.25, -0.2) is 0 Å². The van der Waals surface area contributed by atoms with Crippen molar-refractivity contribution in [2.24, 2.45) is 0 Å². The van der Waals surface area contributed by atoms with E-state index in [4.69, 9.17) is 5.11 Å². The molecule has 1 aromatic carbocycles. The number of hydrogen-bond acceptors (Lipinski definition) is 2. The monoisotopic (exact) mass is 232 g/mol. The van der Waals surface area contributed by atoms with Crippen LogP contribution in [0.5, 0.6) is 5.75 Å². The first-order valence-electron chi connectivity index (χ1n) is 5.78. The van der Waals surface area contributed by atoms with Crippen LogP contribution in [-0.2, 0) is 6.42 Å². The topological polar surface area (TPSA) is 40.5 Å². The van der Waals surface area contributed by atoms with Gasteiger partial charge in [-0.05, 0) is 56.0 Å². The molecule has 0 unspecified atom stereocenters. The van der Waals surface area contributed by atoms with Crippen LogP contribution in [0.15, 0.2) is 29.9 Å². The van der Waals surface area contributed by atoms with E-state index >= 15 is 0 Å². The van der Waals surface area contributed by atoms with Crippen molar-refractivity contribution in [1.29, 1.82) is 0 Å². The van der Waals surface area contributed by atoms with Crippen LogP contribution < -0.4 is 0 Å². The SMILES string of the molecule is CC(C)=CCc1cc(/C=C/CO)cc(C)c1O. The van der Waals surface area contributed by atoms with Gasteiger partial charge in [-0.2, -0.15) is 0 Å². The van der Waals surface area contributed by atoms with Crippen molar-refractivity contribution in [3.05, 3.63) is 46.5 Å². The Hall–Kier alpha value is -1.54. The van der Waals surface area contributed by atoms with Gasteiger partial charge in [0.05, 0.1) is 6.61 Å². The normalized spacial score (nSPS) is 10.8. The van der Waals surface area contributed by atoms with E-state index in [-0.39, 0.29) is 6.61 Å². The zero-order valence-corrected chi connectivity index (χ0v) is 10.7. The first kappa shape index (κ1) is 13.5. The number of benzene rings is 1. The molecule has 2 N–H and O–H groups in total. The van der Waals surface area contributed by atoms with Crippen molar-refractivity contribution in [2.45, 2.75) is 27.2 Å². The number of phenols is 1. The Bertz CT molecular complexity index is 438. The fraction of sp³-hybridized carbons (Fsp3) is 0.333. The highest BCUT2D eigenvalue weighted by molar-refractivity contribution is 5.56. The number of aliphatic hydroxyl groups excluding tert-OH is 1. The van der Waals surface area contributed by atoms with Gasteiger partial charge in [0.15, 0.2) is 0 Å². The largest absolute Gasteiger partial charge is 0.507 e. The van der Waals surface area contributed by atoms with Crippen LogP contribution in [0.25, 0.3) is 6.08 Å². The van der Waals surface area contributed by atoms with E-state index in [2.05, 4.69) is 6.08 Å². The quantitative estimate of drug-likeness (QED) is 0.782. The Morgan fingerprint density at radius 3 is 2.59 bits per heavy atom. The van der Waals surface area contributed by atoms with Crippen molar-refractivity contribution in [2.75, 3.05) is 6.61 Å². The van der Waals surface area contributed by atoms with Crippen molar-refractivity contribution >= 4 is 6.08 Å². The van der Waals surface area contributed by atoms with Crippen LogP contribution in [0, 0.1) is 6.92 Å². The molecule has 0 saturated carbocycles. The van der Waals surface area contributed by atoms with Crippen LogP contribution in [0.4, 0.5) is 0 Å². The molecule has 17 heavy (non-hydrogen) atoms. The highest BCUT2D eigenvalue weighted by atomic mass is 16.3. The maximum absolute atomic E-state index is 9.96. The molecule has 2 nitrogen and oxygen atoms in total. The average Bonchev–Trinajstić information content (AvgIpc) is 2.28. The number of aliphatic hydroxyl groups is 1. The maximum atomic E-state index is 9.96. The lowest BCUT2D eigenvalue weighted by atomic mass is 10.0. The summed E-state index contributed by atoms with van der Waals surface area (Å²) in [6, 6.07) is 3.86. The Morgan fingerprint density at radius 2 is 2.00 bits per heavy atom. The van der Waals surface area contributed by atoms with Crippen LogP contribution in [0.2, 0.25) is 0 Å². The molecule has 0 heterocycles. The first-order valence-corrected chi connectivity index (χ1v) is 5.78. The fourth-order valence-electron chi connectivity index (χ4n) is 1.64. The highest BCUT2D eigenvalue weighted by Crippen LogP contribution is 2.25. The minimum absolute atomic E-state index is 0.0310. The third kappa shape index (κ3) is 4.08. The van der Waals surface area contributed by atoms with Gasteiger partial charge in [-0.15, -0.1) is 0 Å². The maximum Gasteiger partial charge on any atom is 0.122 e. The molecule has 0 aromatic heterocycles. The highest BCUT2D eigenvalue weighted by Gasteiger charge is 2.04. The number of aryl methyl sites for hydroxylation is 1. The molecule has 0 atom stereocenters. The summed E-state index contributed by atoms with van der Waals surface area (Å²) in [4.78, 5) is 0. The summed E-state index contributed by atoms with van der Waals surface area (Å²) in [5.41, 5.74) is 4.02. The number of allylic oxidation sites excluding steroid dienone is 2. The fourth-order valence-corrected chi connectivity index (χ4v) is 1.64. The summed E-state index contributed by atoms with van der Waals surface area (Å²) in [6.45, 7) is 6.00. The zero-order chi connectivity index (χ0) is 12.8. The van der Waals surface area contributed by atoms with Gasteiger partial charge in [-0.3, -0.25) is 0 Å². The second kappa shape index (κ2) is 6.26.